The molecule has 10 heteroatoms. The van der Waals surface area contributed by atoms with Gasteiger partial charge < -0.3 is 4.74 Å². The molecular formula is C19H25AsN2O5S2. The number of nitrogens with zero attached hydrogens (tertiary/aromatic N) is 1. The number of hydrogen-bond donors (Lipinski definition) is 1. The fraction of sp³-hybridized carbons (Fsp3) is 0.474. The summed E-state index contributed by atoms with van der Waals surface area (Å²) in [5.41, 5.74) is 1.58. The van der Waals surface area contributed by atoms with Gasteiger partial charge >= 0.3 is 168 Å². The number of anilines is 1. The van der Waals surface area contributed by atoms with E-state index in [1.54, 1.807) is 0 Å². The summed E-state index contributed by atoms with van der Waals surface area (Å²) in [6.45, 7) is 4.24. The predicted molar refractivity (Wildman–Crippen MR) is 117 cm³/mol. The van der Waals surface area contributed by atoms with E-state index in [1.807, 2.05) is 37.4 Å². The number of carbonyl (C=O) groups excluding carboxylic acids is 1. The molecule has 1 amide bonds. The first-order valence-electron chi connectivity index (χ1n) is 9.56. The summed E-state index contributed by atoms with van der Waals surface area (Å²) in [5, 5.41) is 6.60. The van der Waals surface area contributed by atoms with Crippen LogP contribution in [0.5, 0.6) is 11.5 Å². The van der Waals surface area contributed by atoms with Crippen LogP contribution in [0.2, 0.25) is 10.4 Å². The van der Waals surface area contributed by atoms with Crippen molar-refractivity contribution in [2.45, 2.75) is 43.5 Å². The molecule has 0 bridgehead atoms. The van der Waals surface area contributed by atoms with Crippen molar-refractivity contribution in [3.8, 4) is 22.8 Å². The average molecular weight is 500 g/mol. The van der Waals surface area contributed by atoms with Gasteiger partial charge in [-0.3, -0.25) is 0 Å². The Morgan fingerprint density at radius 2 is 1.93 bits per heavy atom. The van der Waals surface area contributed by atoms with E-state index >= 15 is 0 Å². The fourth-order valence-corrected chi connectivity index (χ4v) is 15.1. The molecule has 158 valence electrons. The molecule has 0 saturated carbocycles. The minimum absolute atomic E-state index is 0.0278. The third-order valence-corrected chi connectivity index (χ3v) is 18.6. The van der Waals surface area contributed by atoms with Crippen LogP contribution < -0.4 is 14.8 Å². The van der Waals surface area contributed by atoms with Crippen LogP contribution >= 0.6 is 11.3 Å². The van der Waals surface area contributed by atoms with Crippen molar-refractivity contribution in [2.75, 3.05) is 17.9 Å². The van der Waals surface area contributed by atoms with Gasteiger partial charge in [0.05, 0.1) is 0 Å². The molecule has 1 N–H and O–H groups in total. The van der Waals surface area contributed by atoms with Crippen LogP contribution in [0.3, 0.4) is 0 Å². The number of rotatable bonds is 10. The van der Waals surface area contributed by atoms with Crippen molar-refractivity contribution >= 4 is 44.0 Å². The zero-order valence-electron chi connectivity index (χ0n) is 16.5. The van der Waals surface area contributed by atoms with Gasteiger partial charge in [0.2, 0.25) is 6.79 Å². The Morgan fingerprint density at radius 1 is 1.21 bits per heavy atom. The van der Waals surface area contributed by atoms with E-state index in [-0.39, 0.29) is 24.9 Å². The van der Waals surface area contributed by atoms with Gasteiger partial charge in [0.1, 0.15) is 0 Å². The van der Waals surface area contributed by atoms with Crippen molar-refractivity contribution < 1.29 is 22.7 Å². The standard InChI is InChI=1S/C19H25AsN2O5S2/c1-3-8-20(9-4-2)29(24,25)10-7-18(23)22-19-21-15(12-28-19)14-5-6-16-17(11-14)27-13-26-16/h5-6,11-12H,3-4,7-10,13H2,1-2H3,(H,21,22,23). The zero-order valence-corrected chi connectivity index (χ0v) is 20.0. The molecule has 0 radical (unpaired) electrons. The minimum atomic E-state index is -3.14. The van der Waals surface area contributed by atoms with E-state index in [4.69, 9.17) is 9.47 Å². The fourth-order valence-electron chi connectivity index (χ4n) is 2.94. The van der Waals surface area contributed by atoms with E-state index in [0.717, 1.165) is 34.5 Å². The van der Waals surface area contributed by atoms with E-state index < -0.39 is 21.6 Å². The van der Waals surface area contributed by atoms with E-state index in [0.29, 0.717) is 16.6 Å². The van der Waals surface area contributed by atoms with Crippen LogP contribution in [-0.2, 0) is 12.9 Å². The Labute approximate surface area is 179 Å². The zero-order chi connectivity index (χ0) is 20.9. The van der Waals surface area contributed by atoms with Crippen LogP contribution in [0.15, 0.2) is 23.6 Å². The average Bonchev–Trinajstić information content (AvgIpc) is 3.35. The Morgan fingerprint density at radius 3 is 2.66 bits per heavy atom. The second-order valence-electron chi connectivity index (χ2n) is 6.62. The summed E-state index contributed by atoms with van der Waals surface area (Å²) in [5.74, 6) is 0.984. The van der Waals surface area contributed by atoms with Gasteiger partial charge in [0, 0.05) is 0 Å². The van der Waals surface area contributed by atoms with Crippen LogP contribution in [0, 0.1) is 0 Å². The van der Waals surface area contributed by atoms with Gasteiger partial charge in [0.15, 0.2) is 0 Å². The van der Waals surface area contributed by atoms with Crippen LogP contribution in [0.1, 0.15) is 33.1 Å². The molecule has 0 aliphatic carbocycles. The van der Waals surface area contributed by atoms with E-state index in [1.165, 1.54) is 11.3 Å². The summed E-state index contributed by atoms with van der Waals surface area (Å²) in [6.07, 6.45) is 1.74. The molecule has 0 spiro atoms. The van der Waals surface area contributed by atoms with Crippen LogP contribution in [0.4, 0.5) is 5.13 Å². The first-order valence-corrected chi connectivity index (χ1v) is 17.0. The Bertz CT molecular complexity index is 955. The molecule has 1 aliphatic rings. The molecule has 2 heterocycles. The summed E-state index contributed by atoms with van der Waals surface area (Å²) in [7, 11) is -3.14. The first-order chi connectivity index (χ1) is 13.9. The first kappa shape index (κ1) is 22.1. The molecule has 1 aliphatic heterocycles. The van der Waals surface area contributed by atoms with E-state index in [2.05, 4.69) is 10.3 Å². The summed E-state index contributed by atoms with van der Waals surface area (Å²) in [6, 6.07) is 5.56. The second-order valence-corrected chi connectivity index (χ2v) is 19.1. The third-order valence-electron chi connectivity index (χ3n) is 4.35. The third kappa shape index (κ3) is 5.74. The number of ether oxygens (including phenoxy) is 2. The molecule has 2 aromatic rings. The van der Waals surface area contributed by atoms with Gasteiger partial charge in [-0.25, -0.2) is 0 Å². The van der Waals surface area contributed by atoms with Gasteiger partial charge in [-0.1, -0.05) is 0 Å². The molecule has 0 atom stereocenters. The van der Waals surface area contributed by atoms with Crippen LogP contribution in [-0.4, -0.2) is 45.3 Å². The van der Waals surface area contributed by atoms with Crippen molar-refractivity contribution in [3.05, 3.63) is 23.6 Å². The summed E-state index contributed by atoms with van der Waals surface area (Å²) < 4.78 is 35.9. The van der Waals surface area contributed by atoms with Gasteiger partial charge in [-0.05, 0) is 0 Å². The topological polar surface area (TPSA) is 94.6 Å². The van der Waals surface area contributed by atoms with Crippen LogP contribution in [0.25, 0.3) is 11.3 Å². The predicted octanol–water partition coefficient (Wildman–Crippen LogP) is 4.09. The molecule has 7 nitrogen and oxygen atoms in total. The molecule has 0 unspecified atom stereocenters. The molecule has 1 aromatic carbocycles. The summed E-state index contributed by atoms with van der Waals surface area (Å²) >= 11 is -0.643. The van der Waals surface area contributed by atoms with Gasteiger partial charge in [0.25, 0.3) is 0 Å². The quantitative estimate of drug-likeness (QED) is 0.494. The number of aromatic nitrogens is 1. The van der Waals surface area contributed by atoms with Gasteiger partial charge in [-0.2, -0.15) is 0 Å². The number of amides is 1. The molecule has 0 saturated heterocycles. The molecule has 3 rings (SSSR count). The monoisotopic (exact) mass is 500 g/mol. The maximum absolute atomic E-state index is 12.6. The normalized spacial score (nSPS) is 13.1. The second kappa shape index (κ2) is 9.96. The Balaban J connectivity index is 1.57. The van der Waals surface area contributed by atoms with Gasteiger partial charge in [-0.15, -0.1) is 0 Å². The number of nitrogens with one attached hydrogen (secondary N) is 1. The van der Waals surface area contributed by atoms with Crippen molar-refractivity contribution in [1.82, 2.24) is 4.98 Å². The SMILES string of the molecule is CCC[As](CCC)S(=O)(=O)CCC(=O)Nc1nc(-c2ccc3c(c2)OCO3)cs1. The van der Waals surface area contributed by atoms with E-state index in [9.17, 15) is 13.2 Å². The maximum atomic E-state index is 12.6. The molecular weight excluding hydrogens is 475 g/mol. The Hall–Kier alpha value is -1.57. The number of thiazole rings is 1. The van der Waals surface area contributed by atoms with Crippen molar-refractivity contribution in [1.29, 1.82) is 0 Å². The molecule has 0 fully saturated rings. The number of benzene rings is 1. The Kier molecular flexibility index (Phi) is 7.59. The number of carbonyl (C=O) groups is 1. The molecule has 29 heavy (non-hydrogen) atoms. The molecule has 1 aromatic heterocycles. The van der Waals surface area contributed by atoms with Crippen molar-refractivity contribution in [2.24, 2.45) is 0 Å². The van der Waals surface area contributed by atoms with Crippen molar-refractivity contribution in [3.63, 3.8) is 0 Å². The number of fused-ring (bicyclic) bond motifs is 1. The summed E-state index contributed by atoms with van der Waals surface area (Å²) in [4.78, 5) is 16.7. The number of hydrogen-bond acceptors (Lipinski definition) is 7.